The molecule has 9 heteroatoms. The lowest BCUT2D eigenvalue weighted by atomic mass is 10.3. The topological polar surface area (TPSA) is 71.2 Å². The SMILES string of the molecule is Cl.Cl.N[C@H]1CCN(C(=O)c2cc3sc(Nc4ccccc4)nc3s2)C1. The van der Waals surface area contributed by atoms with Crippen molar-refractivity contribution in [3.05, 3.63) is 41.3 Å². The van der Waals surface area contributed by atoms with Crippen molar-refractivity contribution in [1.29, 1.82) is 0 Å². The van der Waals surface area contributed by atoms with E-state index in [0.717, 1.165) is 38.2 Å². The van der Waals surface area contributed by atoms with Crippen LogP contribution in [0.15, 0.2) is 36.4 Å². The molecule has 5 nitrogen and oxygen atoms in total. The molecule has 1 saturated heterocycles. The minimum absolute atomic E-state index is 0. The third-order valence-electron chi connectivity index (χ3n) is 3.84. The fraction of sp³-hybridized carbons (Fsp3) is 0.250. The number of carbonyl (C=O) groups excluding carboxylic acids is 1. The molecule has 0 bridgehead atoms. The number of carbonyl (C=O) groups is 1. The number of nitrogens with one attached hydrogen (secondary N) is 1. The lowest BCUT2D eigenvalue weighted by Crippen LogP contribution is -2.31. The van der Waals surface area contributed by atoms with Crippen LogP contribution in [0.1, 0.15) is 16.1 Å². The van der Waals surface area contributed by atoms with E-state index < -0.39 is 0 Å². The van der Waals surface area contributed by atoms with Crippen LogP contribution in [0.25, 0.3) is 9.53 Å². The molecule has 3 N–H and O–H groups in total. The number of benzene rings is 1. The number of hydrogen-bond donors (Lipinski definition) is 2. The van der Waals surface area contributed by atoms with Crippen molar-refractivity contribution < 1.29 is 4.79 Å². The third kappa shape index (κ3) is 4.24. The summed E-state index contributed by atoms with van der Waals surface area (Å²) in [6.07, 6.45) is 0.884. The highest BCUT2D eigenvalue weighted by atomic mass is 35.5. The van der Waals surface area contributed by atoms with E-state index in [0.29, 0.717) is 6.54 Å². The molecule has 1 amide bonds. The van der Waals surface area contributed by atoms with Crippen LogP contribution in [0.3, 0.4) is 0 Å². The molecule has 1 aliphatic heterocycles. The maximum absolute atomic E-state index is 12.5. The molecule has 1 fully saturated rings. The second-order valence-corrected chi connectivity index (χ2v) is 7.65. The molecule has 0 unspecified atom stereocenters. The minimum atomic E-state index is 0. The fourth-order valence-electron chi connectivity index (χ4n) is 2.67. The molecule has 25 heavy (non-hydrogen) atoms. The van der Waals surface area contributed by atoms with Crippen LogP contribution in [0.2, 0.25) is 0 Å². The number of rotatable bonds is 3. The first kappa shape index (κ1) is 19.9. The summed E-state index contributed by atoms with van der Waals surface area (Å²) >= 11 is 3.02. The average molecular weight is 417 g/mol. The Bertz CT molecular complexity index is 821. The number of thiophene rings is 1. The van der Waals surface area contributed by atoms with Gasteiger partial charge in [0.25, 0.3) is 5.91 Å². The Labute approximate surface area is 166 Å². The predicted octanol–water partition coefficient (Wildman–Crippen LogP) is 4.12. The lowest BCUT2D eigenvalue weighted by Gasteiger charge is -2.13. The largest absolute Gasteiger partial charge is 0.336 e. The first-order valence-corrected chi connectivity index (χ1v) is 9.09. The minimum Gasteiger partial charge on any atom is -0.336 e. The molecule has 3 heterocycles. The van der Waals surface area contributed by atoms with Gasteiger partial charge in [0, 0.05) is 24.8 Å². The van der Waals surface area contributed by atoms with Gasteiger partial charge in [0.1, 0.15) is 4.83 Å². The number of amides is 1. The second kappa shape index (κ2) is 8.33. The zero-order valence-electron chi connectivity index (χ0n) is 13.2. The standard InChI is InChI=1S/C16H16N4OS2.2ClH/c17-10-6-7-20(9-10)15(21)13-8-12-14(22-13)19-16(23-12)18-11-4-2-1-3-5-11;;/h1-5,8,10H,6-7,9,17H2,(H,18,19);2*1H/t10-;;/m0../s1. The van der Waals surface area contributed by atoms with Crippen LogP contribution in [0.4, 0.5) is 10.8 Å². The van der Waals surface area contributed by atoms with Gasteiger partial charge < -0.3 is 16.0 Å². The highest BCUT2D eigenvalue weighted by molar-refractivity contribution is 7.29. The molecular weight excluding hydrogens is 399 g/mol. The van der Waals surface area contributed by atoms with Gasteiger partial charge >= 0.3 is 0 Å². The molecule has 0 aliphatic carbocycles. The summed E-state index contributed by atoms with van der Waals surface area (Å²) in [5.74, 6) is 0.0747. The van der Waals surface area contributed by atoms with Crippen molar-refractivity contribution >= 4 is 73.7 Å². The van der Waals surface area contributed by atoms with Gasteiger partial charge in [-0.2, -0.15) is 0 Å². The number of hydrogen-bond acceptors (Lipinski definition) is 6. The Hall–Kier alpha value is -1.38. The fourth-order valence-corrected chi connectivity index (χ4v) is 4.77. The molecule has 3 aromatic rings. The van der Waals surface area contributed by atoms with E-state index in [1.54, 1.807) is 11.3 Å². The van der Waals surface area contributed by atoms with E-state index in [4.69, 9.17) is 5.73 Å². The van der Waals surface area contributed by atoms with Crippen molar-refractivity contribution in [1.82, 2.24) is 9.88 Å². The van der Waals surface area contributed by atoms with Crippen LogP contribution >= 0.6 is 47.5 Å². The first-order chi connectivity index (χ1) is 11.2. The van der Waals surface area contributed by atoms with E-state index in [9.17, 15) is 4.79 Å². The number of fused-ring (bicyclic) bond motifs is 1. The third-order valence-corrected chi connectivity index (χ3v) is 5.90. The highest BCUT2D eigenvalue weighted by Gasteiger charge is 2.26. The first-order valence-electron chi connectivity index (χ1n) is 7.46. The smallest absolute Gasteiger partial charge is 0.264 e. The Kier molecular flexibility index (Phi) is 6.65. The number of likely N-dealkylation sites (tertiary alicyclic amines) is 1. The van der Waals surface area contributed by atoms with Gasteiger partial charge in [-0.25, -0.2) is 4.98 Å². The number of aromatic nitrogens is 1. The predicted molar refractivity (Wildman–Crippen MR) is 110 cm³/mol. The molecule has 0 radical (unpaired) electrons. The summed E-state index contributed by atoms with van der Waals surface area (Å²) in [5, 5.41) is 4.14. The van der Waals surface area contributed by atoms with Crippen LogP contribution in [-0.2, 0) is 0 Å². The van der Waals surface area contributed by atoms with Crippen LogP contribution in [-0.4, -0.2) is 34.9 Å². The van der Waals surface area contributed by atoms with Crippen molar-refractivity contribution in [2.75, 3.05) is 18.4 Å². The Morgan fingerprint density at radius 2 is 2.00 bits per heavy atom. The number of halogens is 2. The number of para-hydroxylation sites is 1. The zero-order chi connectivity index (χ0) is 15.8. The average Bonchev–Trinajstić information content (AvgIpc) is 3.22. The second-order valence-electron chi connectivity index (χ2n) is 5.59. The number of anilines is 2. The summed E-state index contributed by atoms with van der Waals surface area (Å²) in [5.41, 5.74) is 6.89. The zero-order valence-corrected chi connectivity index (χ0v) is 16.4. The molecule has 1 aliphatic rings. The van der Waals surface area contributed by atoms with E-state index in [1.165, 1.54) is 11.3 Å². The van der Waals surface area contributed by atoms with E-state index >= 15 is 0 Å². The van der Waals surface area contributed by atoms with Crippen molar-refractivity contribution in [3.8, 4) is 0 Å². The van der Waals surface area contributed by atoms with Gasteiger partial charge in [-0.05, 0) is 24.6 Å². The summed E-state index contributed by atoms with van der Waals surface area (Å²) in [4.78, 5) is 20.5. The Morgan fingerprint density at radius 3 is 2.64 bits per heavy atom. The van der Waals surface area contributed by atoms with Gasteiger partial charge in [-0.15, -0.1) is 36.2 Å². The molecule has 134 valence electrons. The van der Waals surface area contributed by atoms with Crippen LogP contribution in [0.5, 0.6) is 0 Å². The van der Waals surface area contributed by atoms with Gasteiger partial charge in [-0.3, -0.25) is 4.79 Å². The van der Waals surface area contributed by atoms with E-state index in [1.807, 2.05) is 41.3 Å². The number of thiazole rings is 1. The van der Waals surface area contributed by atoms with Gasteiger partial charge in [0.05, 0.1) is 9.58 Å². The normalized spacial score (nSPS) is 16.4. The monoisotopic (exact) mass is 416 g/mol. The molecular formula is C16H18Cl2N4OS2. The van der Waals surface area contributed by atoms with Crippen LogP contribution in [0, 0.1) is 0 Å². The Morgan fingerprint density at radius 1 is 1.24 bits per heavy atom. The summed E-state index contributed by atoms with van der Waals surface area (Å²) < 4.78 is 1.04. The van der Waals surface area contributed by atoms with E-state index in [2.05, 4.69) is 10.3 Å². The molecule has 0 spiro atoms. The summed E-state index contributed by atoms with van der Waals surface area (Å²) in [7, 11) is 0. The highest BCUT2D eigenvalue weighted by Crippen LogP contribution is 2.34. The van der Waals surface area contributed by atoms with Crippen molar-refractivity contribution in [2.45, 2.75) is 12.5 Å². The maximum atomic E-state index is 12.5. The molecule has 1 aromatic carbocycles. The van der Waals surface area contributed by atoms with E-state index in [-0.39, 0.29) is 36.8 Å². The molecule has 0 saturated carbocycles. The molecule has 2 aromatic heterocycles. The summed E-state index contributed by atoms with van der Waals surface area (Å²) in [6, 6.07) is 12.0. The van der Waals surface area contributed by atoms with Gasteiger partial charge in [0.2, 0.25) is 0 Å². The van der Waals surface area contributed by atoms with Crippen molar-refractivity contribution in [3.63, 3.8) is 0 Å². The lowest BCUT2D eigenvalue weighted by molar-refractivity contribution is 0.0795. The maximum Gasteiger partial charge on any atom is 0.264 e. The molecule has 4 rings (SSSR count). The Balaban J connectivity index is 0.00000113. The number of nitrogens with two attached hydrogens (primary N) is 1. The van der Waals surface area contributed by atoms with Crippen LogP contribution < -0.4 is 11.1 Å². The van der Waals surface area contributed by atoms with Crippen molar-refractivity contribution in [2.24, 2.45) is 5.73 Å². The van der Waals surface area contributed by atoms with Gasteiger partial charge in [-0.1, -0.05) is 29.5 Å². The number of nitrogens with zero attached hydrogens (tertiary/aromatic N) is 2. The quantitative estimate of drug-likeness (QED) is 0.673. The van der Waals surface area contributed by atoms with Gasteiger partial charge in [0.15, 0.2) is 5.13 Å². The summed E-state index contributed by atoms with van der Waals surface area (Å²) in [6.45, 7) is 1.40. The molecule has 1 atom stereocenters.